The number of nitrogens with zero attached hydrogens (tertiary/aromatic N) is 2. The predicted octanol–water partition coefficient (Wildman–Crippen LogP) is 4.70. The second-order valence-electron chi connectivity index (χ2n) is 8.35. The van der Waals surface area contributed by atoms with Gasteiger partial charge in [-0.3, -0.25) is 9.59 Å². The molecule has 1 aromatic heterocycles. The first-order valence-electron chi connectivity index (χ1n) is 11.0. The van der Waals surface area contributed by atoms with Crippen LogP contribution in [-0.4, -0.2) is 34.9 Å². The van der Waals surface area contributed by atoms with Crippen LogP contribution in [0.2, 0.25) is 5.02 Å². The van der Waals surface area contributed by atoms with Crippen molar-refractivity contribution >= 4 is 34.3 Å². The number of hydrogen-bond donors (Lipinski definition) is 1. The number of fused-ring (bicyclic) bond motifs is 3. The smallest absolute Gasteiger partial charge is 0.272 e. The summed E-state index contributed by atoms with van der Waals surface area (Å²) in [6, 6.07) is 22.6. The second kappa shape index (κ2) is 8.88. The Hall–Kier alpha value is -3.77. The third-order valence-corrected chi connectivity index (χ3v) is 6.60. The number of aromatic nitrogens is 1. The zero-order chi connectivity index (χ0) is 23.8. The van der Waals surface area contributed by atoms with E-state index >= 15 is 0 Å². The molecule has 1 atom stereocenters. The van der Waals surface area contributed by atoms with Crippen LogP contribution in [0.15, 0.2) is 72.8 Å². The number of aryl methyl sites for hydroxylation is 1. The minimum Gasteiger partial charge on any atom is -0.497 e. The van der Waals surface area contributed by atoms with Crippen molar-refractivity contribution in [3.8, 4) is 5.75 Å². The number of para-hydroxylation sites is 1. The number of halogens is 1. The van der Waals surface area contributed by atoms with Gasteiger partial charge in [-0.15, -0.1) is 0 Å². The third-order valence-electron chi connectivity index (χ3n) is 6.34. The fourth-order valence-electron chi connectivity index (χ4n) is 4.68. The van der Waals surface area contributed by atoms with E-state index in [9.17, 15) is 9.59 Å². The summed E-state index contributed by atoms with van der Waals surface area (Å²) in [5.41, 5.74) is 4.40. The highest BCUT2D eigenvalue weighted by atomic mass is 35.5. The van der Waals surface area contributed by atoms with Crippen molar-refractivity contribution in [3.63, 3.8) is 0 Å². The number of nitrogens with one attached hydrogen (secondary N) is 1. The molecule has 1 N–H and O–H groups in total. The molecular formula is C27H24ClN3O3. The maximum atomic E-state index is 13.6. The lowest BCUT2D eigenvalue weighted by Crippen LogP contribution is -2.39. The molecule has 0 spiro atoms. The first-order valence-corrected chi connectivity index (χ1v) is 11.4. The van der Waals surface area contributed by atoms with Crippen LogP contribution in [0.3, 0.4) is 0 Å². The molecule has 0 saturated heterocycles. The van der Waals surface area contributed by atoms with E-state index in [2.05, 4.69) is 5.32 Å². The Balaban J connectivity index is 1.48. The molecule has 0 bridgehead atoms. The van der Waals surface area contributed by atoms with Crippen LogP contribution in [0.25, 0.3) is 10.9 Å². The van der Waals surface area contributed by atoms with Crippen LogP contribution in [0.5, 0.6) is 5.75 Å². The van der Waals surface area contributed by atoms with E-state index in [1.54, 1.807) is 24.1 Å². The quantitative estimate of drug-likeness (QED) is 0.441. The average Bonchev–Trinajstić information content (AvgIpc) is 3.31. The Labute approximate surface area is 202 Å². The van der Waals surface area contributed by atoms with Gasteiger partial charge in [0.15, 0.2) is 0 Å². The third kappa shape index (κ3) is 3.80. The molecule has 0 aliphatic carbocycles. The van der Waals surface area contributed by atoms with Gasteiger partial charge in [0.1, 0.15) is 18.0 Å². The predicted molar refractivity (Wildman–Crippen MR) is 132 cm³/mol. The molecule has 0 saturated carbocycles. The molecule has 7 heteroatoms. The molecule has 3 aromatic carbocycles. The summed E-state index contributed by atoms with van der Waals surface area (Å²) in [5, 5.41) is 4.58. The monoisotopic (exact) mass is 473 g/mol. The molecule has 0 radical (unpaired) electrons. The molecule has 2 amide bonds. The van der Waals surface area contributed by atoms with Crippen molar-refractivity contribution in [2.45, 2.75) is 12.6 Å². The largest absolute Gasteiger partial charge is 0.497 e. The Morgan fingerprint density at radius 2 is 1.74 bits per heavy atom. The Morgan fingerprint density at radius 1 is 1.03 bits per heavy atom. The van der Waals surface area contributed by atoms with Gasteiger partial charge < -0.3 is 19.5 Å². The Bertz CT molecular complexity index is 1380. The maximum absolute atomic E-state index is 13.6. The second-order valence-corrected chi connectivity index (χ2v) is 8.79. The summed E-state index contributed by atoms with van der Waals surface area (Å²) in [5.74, 6) is 0.355. The van der Waals surface area contributed by atoms with E-state index in [0.717, 1.165) is 33.3 Å². The Kier molecular flexibility index (Phi) is 5.75. The van der Waals surface area contributed by atoms with Crippen molar-refractivity contribution in [1.29, 1.82) is 0 Å². The number of hydrogen-bond acceptors (Lipinski definition) is 3. The highest BCUT2D eigenvalue weighted by molar-refractivity contribution is 6.30. The van der Waals surface area contributed by atoms with Gasteiger partial charge in [-0.25, -0.2) is 0 Å². The summed E-state index contributed by atoms with van der Waals surface area (Å²) in [6.07, 6.45) is 0. The number of carbonyl (C=O) groups is 2. The number of ether oxygens (including phenoxy) is 1. The van der Waals surface area contributed by atoms with Crippen LogP contribution in [-0.2, 0) is 18.4 Å². The summed E-state index contributed by atoms with van der Waals surface area (Å²) in [6.45, 7) is 0.313. The van der Waals surface area contributed by atoms with Crippen molar-refractivity contribution in [1.82, 2.24) is 14.8 Å². The van der Waals surface area contributed by atoms with Gasteiger partial charge in [-0.2, -0.15) is 0 Å². The average molecular weight is 474 g/mol. The van der Waals surface area contributed by atoms with Gasteiger partial charge in [0, 0.05) is 35.1 Å². The molecule has 0 fully saturated rings. The molecule has 4 aromatic rings. The van der Waals surface area contributed by atoms with Crippen LogP contribution < -0.4 is 10.1 Å². The highest BCUT2D eigenvalue weighted by Gasteiger charge is 2.42. The van der Waals surface area contributed by atoms with E-state index in [4.69, 9.17) is 16.3 Å². The number of methoxy groups -OCH3 is 1. The number of rotatable bonds is 6. The Morgan fingerprint density at radius 3 is 2.44 bits per heavy atom. The summed E-state index contributed by atoms with van der Waals surface area (Å²) in [4.78, 5) is 28.2. The fraction of sp³-hybridized carbons (Fsp3) is 0.185. The van der Waals surface area contributed by atoms with Crippen molar-refractivity contribution in [2.24, 2.45) is 7.05 Å². The number of amides is 2. The van der Waals surface area contributed by atoms with Crippen molar-refractivity contribution < 1.29 is 14.3 Å². The summed E-state index contributed by atoms with van der Waals surface area (Å²) >= 11 is 5.94. The van der Waals surface area contributed by atoms with Crippen LogP contribution in [0.1, 0.15) is 33.2 Å². The first kappa shape index (κ1) is 22.0. The van der Waals surface area contributed by atoms with Gasteiger partial charge in [0.25, 0.3) is 5.91 Å². The van der Waals surface area contributed by atoms with Crippen LogP contribution >= 0.6 is 11.6 Å². The van der Waals surface area contributed by atoms with Gasteiger partial charge in [0.2, 0.25) is 5.91 Å². The van der Waals surface area contributed by atoms with E-state index < -0.39 is 0 Å². The molecule has 5 rings (SSSR count). The molecule has 6 nitrogen and oxygen atoms in total. The van der Waals surface area contributed by atoms with E-state index in [1.165, 1.54) is 0 Å². The van der Waals surface area contributed by atoms with Crippen molar-refractivity contribution in [2.75, 3.05) is 13.7 Å². The molecule has 1 aliphatic heterocycles. The molecule has 0 unspecified atom stereocenters. The van der Waals surface area contributed by atoms with E-state index in [0.29, 0.717) is 17.3 Å². The maximum Gasteiger partial charge on any atom is 0.272 e. The fourth-order valence-corrected chi connectivity index (χ4v) is 4.80. The zero-order valence-electron chi connectivity index (χ0n) is 18.9. The standard InChI is InChI=1S/C27H24ClN3O3/c1-30-22-6-4-3-5-21(22)24-25(18-9-13-20(34-2)14-10-18)31(27(33)26(24)30)16-23(32)29-15-17-7-11-19(28)12-8-17/h3-14,25H,15-16H2,1-2H3,(H,29,32)/t25-/m1/s1. The summed E-state index contributed by atoms with van der Waals surface area (Å²) in [7, 11) is 3.52. The molecule has 172 valence electrons. The first-order chi connectivity index (χ1) is 16.5. The van der Waals surface area contributed by atoms with E-state index in [1.807, 2.05) is 72.3 Å². The summed E-state index contributed by atoms with van der Waals surface area (Å²) < 4.78 is 7.24. The minimum atomic E-state index is -0.374. The normalized spacial score (nSPS) is 15.0. The number of benzene rings is 3. The lowest BCUT2D eigenvalue weighted by atomic mass is 9.98. The molecular weight excluding hydrogens is 450 g/mol. The zero-order valence-corrected chi connectivity index (χ0v) is 19.7. The highest BCUT2D eigenvalue weighted by Crippen LogP contribution is 2.43. The topological polar surface area (TPSA) is 63.6 Å². The van der Waals surface area contributed by atoms with Crippen LogP contribution in [0.4, 0.5) is 0 Å². The van der Waals surface area contributed by atoms with Gasteiger partial charge >= 0.3 is 0 Å². The van der Waals surface area contributed by atoms with Gasteiger partial charge in [0.05, 0.1) is 13.2 Å². The SMILES string of the molecule is COc1ccc([C@@H]2c3c(n(C)c4ccccc34)C(=O)N2CC(=O)NCc2ccc(Cl)cc2)cc1. The lowest BCUT2D eigenvalue weighted by molar-refractivity contribution is -0.122. The van der Waals surface area contributed by atoms with Crippen molar-refractivity contribution in [3.05, 3.63) is 100 Å². The molecule has 1 aliphatic rings. The minimum absolute atomic E-state index is 0.0495. The lowest BCUT2D eigenvalue weighted by Gasteiger charge is -2.26. The van der Waals surface area contributed by atoms with Crippen LogP contribution in [0, 0.1) is 0 Å². The number of carbonyl (C=O) groups excluding carboxylic acids is 2. The molecule has 34 heavy (non-hydrogen) atoms. The van der Waals surface area contributed by atoms with E-state index in [-0.39, 0.29) is 24.4 Å². The van der Waals surface area contributed by atoms with Gasteiger partial charge in [-0.1, -0.05) is 54.1 Å². The van der Waals surface area contributed by atoms with Gasteiger partial charge in [-0.05, 0) is 41.5 Å². The molecule has 2 heterocycles.